The van der Waals surface area contributed by atoms with Gasteiger partial charge in [-0.25, -0.2) is 4.79 Å². The summed E-state index contributed by atoms with van der Waals surface area (Å²) >= 11 is 0. The fourth-order valence-corrected chi connectivity index (χ4v) is 4.88. The van der Waals surface area contributed by atoms with Crippen LogP contribution in [0, 0.1) is 0 Å². The molecule has 0 saturated heterocycles. The average molecular weight is 462 g/mol. The first kappa shape index (κ1) is 24.1. The standard InChI is InChI=1S/C29H35NO4/c1-8-32-23-15-21-16-28(4,5)30-26(25(21)22-17-29(6,7)34-27(22)23)20-12-10-19(11-13-20)18(3)14-24(31)33-9-2/h10-15H,8-9,16-17H2,1-7H3/b18-14-. The van der Waals surface area contributed by atoms with E-state index in [9.17, 15) is 4.79 Å². The van der Waals surface area contributed by atoms with Crippen molar-refractivity contribution in [3.05, 3.63) is 64.2 Å². The summed E-state index contributed by atoms with van der Waals surface area (Å²) in [4.78, 5) is 17.1. The van der Waals surface area contributed by atoms with E-state index in [0.717, 1.165) is 46.8 Å². The Hall–Kier alpha value is -3.08. The van der Waals surface area contributed by atoms with Gasteiger partial charge in [0.15, 0.2) is 11.5 Å². The molecule has 2 aromatic rings. The minimum atomic E-state index is -0.320. The predicted molar refractivity (Wildman–Crippen MR) is 136 cm³/mol. The molecule has 34 heavy (non-hydrogen) atoms. The van der Waals surface area contributed by atoms with E-state index < -0.39 is 0 Å². The Morgan fingerprint density at radius 2 is 1.79 bits per heavy atom. The molecule has 2 aliphatic heterocycles. The first-order valence-electron chi connectivity index (χ1n) is 12.1. The summed E-state index contributed by atoms with van der Waals surface area (Å²) < 4.78 is 17.4. The Morgan fingerprint density at radius 3 is 2.44 bits per heavy atom. The van der Waals surface area contributed by atoms with Crippen molar-refractivity contribution in [2.45, 2.75) is 72.4 Å². The van der Waals surface area contributed by atoms with Gasteiger partial charge in [-0.05, 0) is 77.7 Å². The first-order chi connectivity index (χ1) is 16.0. The fourth-order valence-electron chi connectivity index (χ4n) is 4.88. The number of fused-ring (bicyclic) bond motifs is 3. The lowest BCUT2D eigenvalue weighted by molar-refractivity contribution is -0.137. The second-order valence-corrected chi connectivity index (χ2v) is 10.3. The molecule has 0 amide bonds. The van der Waals surface area contributed by atoms with Crippen molar-refractivity contribution in [2.75, 3.05) is 13.2 Å². The Morgan fingerprint density at radius 1 is 1.09 bits per heavy atom. The van der Waals surface area contributed by atoms with Gasteiger partial charge >= 0.3 is 5.97 Å². The highest BCUT2D eigenvalue weighted by Gasteiger charge is 2.39. The van der Waals surface area contributed by atoms with E-state index in [-0.39, 0.29) is 17.1 Å². The zero-order valence-electron chi connectivity index (χ0n) is 21.4. The number of allylic oxidation sites excluding steroid dienone is 1. The van der Waals surface area contributed by atoms with Gasteiger partial charge in [0, 0.05) is 29.2 Å². The van der Waals surface area contributed by atoms with Gasteiger partial charge in [0.25, 0.3) is 0 Å². The molecular formula is C29H35NO4. The molecule has 0 fully saturated rings. The normalized spacial score (nSPS) is 17.9. The van der Waals surface area contributed by atoms with Gasteiger partial charge in [-0.3, -0.25) is 4.99 Å². The van der Waals surface area contributed by atoms with Gasteiger partial charge in [0.05, 0.1) is 24.5 Å². The molecule has 2 heterocycles. The van der Waals surface area contributed by atoms with Gasteiger partial charge < -0.3 is 14.2 Å². The second-order valence-electron chi connectivity index (χ2n) is 10.3. The van der Waals surface area contributed by atoms with Crippen molar-refractivity contribution in [3.8, 4) is 11.5 Å². The van der Waals surface area contributed by atoms with E-state index in [1.54, 1.807) is 6.92 Å². The summed E-state index contributed by atoms with van der Waals surface area (Å²) in [5, 5.41) is 0. The predicted octanol–water partition coefficient (Wildman–Crippen LogP) is 5.94. The lowest BCUT2D eigenvalue weighted by atomic mass is 9.81. The minimum absolute atomic E-state index is 0.229. The molecule has 0 atom stereocenters. The molecule has 0 unspecified atom stereocenters. The van der Waals surface area contributed by atoms with E-state index in [1.165, 1.54) is 22.8 Å². The van der Waals surface area contributed by atoms with E-state index in [4.69, 9.17) is 19.2 Å². The van der Waals surface area contributed by atoms with Gasteiger partial charge in [-0.1, -0.05) is 24.3 Å². The molecule has 180 valence electrons. The van der Waals surface area contributed by atoms with Crippen LogP contribution < -0.4 is 9.47 Å². The maximum absolute atomic E-state index is 11.8. The number of carbonyl (C=O) groups is 1. The van der Waals surface area contributed by atoms with Gasteiger partial charge in [-0.2, -0.15) is 0 Å². The number of nitrogens with zero attached hydrogens (tertiary/aromatic N) is 1. The highest BCUT2D eigenvalue weighted by molar-refractivity contribution is 6.16. The lowest BCUT2D eigenvalue weighted by Crippen LogP contribution is -2.30. The van der Waals surface area contributed by atoms with Crippen LogP contribution >= 0.6 is 0 Å². The molecule has 2 aromatic carbocycles. The third-order valence-electron chi connectivity index (χ3n) is 6.22. The first-order valence-corrected chi connectivity index (χ1v) is 12.1. The van der Waals surface area contributed by atoms with Crippen LogP contribution in [0.4, 0.5) is 0 Å². The molecule has 0 spiro atoms. The fraction of sp³-hybridized carbons (Fsp3) is 0.448. The Labute approximate surface area is 202 Å². The highest BCUT2D eigenvalue weighted by atomic mass is 16.5. The topological polar surface area (TPSA) is 57.1 Å². The van der Waals surface area contributed by atoms with E-state index in [0.29, 0.717) is 13.2 Å². The summed E-state index contributed by atoms with van der Waals surface area (Å²) in [7, 11) is 0. The zero-order valence-corrected chi connectivity index (χ0v) is 21.4. The third kappa shape index (κ3) is 4.75. The molecule has 4 rings (SSSR count). The quantitative estimate of drug-likeness (QED) is 0.395. The highest BCUT2D eigenvalue weighted by Crippen LogP contribution is 2.48. The molecule has 5 heteroatoms. The van der Waals surface area contributed by atoms with Crippen molar-refractivity contribution < 1.29 is 19.0 Å². The lowest BCUT2D eigenvalue weighted by Gasteiger charge is -2.31. The number of rotatable bonds is 6. The average Bonchev–Trinajstić information content (AvgIpc) is 3.08. The molecular weight excluding hydrogens is 426 g/mol. The molecule has 0 N–H and O–H groups in total. The molecule has 0 radical (unpaired) electrons. The number of benzene rings is 2. The third-order valence-corrected chi connectivity index (χ3v) is 6.22. The Bertz CT molecular complexity index is 1170. The van der Waals surface area contributed by atoms with Gasteiger partial charge in [0.2, 0.25) is 0 Å². The van der Waals surface area contributed by atoms with Crippen LogP contribution in [-0.2, 0) is 22.4 Å². The minimum Gasteiger partial charge on any atom is -0.490 e. The number of hydrogen-bond acceptors (Lipinski definition) is 5. The largest absolute Gasteiger partial charge is 0.490 e. The van der Waals surface area contributed by atoms with Crippen LogP contribution in [0.2, 0.25) is 0 Å². The molecule has 0 aromatic heterocycles. The van der Waals surface area contributed by atoms with Crippen LogP contribution in [0.5, 0.6) is 11.5 Å². The van der Waals surface area contributed by atoms with Crippen LogP contribution in [0.1, 0.15) is 76.3 Å². The Balaban J connectivity index is 1.79. The Kier molecular flexibility index (Phi) is 6.32. The number of aliphatic imine (C=N–C) groups is 1. The number of carbonyl (C=O) groups excluding carboxylic acids is 1. The van der Waals surface area contributed by atoms with Crippen LogP contribution in [-0.4, -0.2) is 36.0 Å². The summed E-state index contributed by atoms with van der Waals surface area (Å²) in [6, 6.07) is 10.4. The summed E-state index contributed by atoms with van der Waals surface area (Å²) in [6.45, 7) is 15.3. The second kappa shape index (κ2) is 8.94. The monoisotopic (exact) mass is 461 g/mol. The number of ether oxygens (including phenoxy) is 3. The van der Waals surface area contributed by atoms with E-state index in [1.807, 2.05) is 26.0 Å². The number of esters is 1. The van der Waals surface area contributed by atoms with Crippen molar-refractivity contribution >= 4 is 17.3 Å². The van der Waals surface area contributed by atoms with E-state index in [2.05, 4.69) is 45.9 Å². The smallest absolute Gasteiger partial charge is 0.331 e. The molecule has 0 saturated carbocycles. The van der Waals surface area contributed by atoms with Crippen molar-refractivity contribution in [1.29, 1.82) is 0 Å². The SMILES string of the molecule is CCOC(=O)/C=C(/C)c1ccc(C2=NC(C)(C)Cc3cc(OCC)c4c(c32)CC(C)(C)O4)cc1. The van der Waals surface area contributed by atoms with Gasteiger partial charge in [-0.15, -0.1) is 0 Å². The summed E-state index contributed by atoms with van der Waals surface area (Å²) in [5.41, 5.74) is 6.98. The maximum Gasteiger partial charge on any atom is 0.331 e. The summed E-state index contributed by atoms with van der Waals surface area (Å²) in [5.74, 6) is 1.36. The molecule has 0 bridgehead atoms. The van der Waals surface area contributed by atoms with E-state index >= 15 is 0 Å². The summed E-state index contributed by atoms with van der Waals surface area (Å²) in [6.07, 6.45) is 3.19. The van der Waals surface area contributed by atoms with Crippen LogP contribution in [0.15, 0.2) is 41.4 Å². The van der Waals surface area contributed by atoms with Crippen molar-refractivity contribution in [3.63, 3.8) is 0 Å². The number of hydrogen-bond donors (Lipinski definition) is 0. The van der Waals surface area contributed by atoms with Crippen molar-refractivity contribution in [2.24, 2.45) is 4.99 Å². The van der Waals surface area contributed by atoms with Gasteiger partial charge in [0.1, 0.15) is 5.60 Å². The van der Waals surface area contributed by atoms with Crippen LogP contribution in [0.25, 0.3) is 5.57 Å². The molecule has 2 aliphatic rings. The molecule has 0 aliphatic carbocycles. The molecule has 5 nitrogen and oxygen atoms in total. The zero-order chi connectivity index (χ0) is 24.7. The maximum atomic E-state index is 11.8. The van der Waals surface area contributed by atoms with Crippen molar-refractivity contribution in [1.82, 2.24) is 0 Å². The van der Waals surface area contributed by atoms with Crippen LogP contribution in [0.3, 0.4) is 0 Å².